The number of rotatable bonds is 4. The molecule has 2 aromatic carbocycles. The van der Waals surface area contributed by atoms with Gasteiger partial charge in [0, 0.05) is 19.2 Å². The Bertz CT molecular complexity index is 1310. The number of hydrogen-bond acceptors (Lipinski definition) is 6. The molecule has 0 spiro atoms. The Morgan fingerprint density at radius 1 is 0.966 bits per heavy atom. The first-order chi connectivity index (χ1) is 14.2. The van der Waals surface area contributed by atoms with Gasteiger partial charge in [0.15, 0.2) is 5.65 Å². The minimum atomic E-state index is -0.242. The van der Waals surface area contributed by atoms with E-state index in [1.165, 1.54) is 18.5 Å². The lowest BCUT2D eigenvalue weighted by molar-refractivity contribution is 0.627. The molecular formula is C21H16FN7. The van der Waals surface area contributed by atoms with Gasteiger partial charge in [-0.1, -0.05) is 18.2 Å². The third-order valence-electron chi connectivity index (χ3n) is 4.78. The van der Waals surface area contributed by atoms with Crippen LogP contribution in [0.25, 0.3) is 33.3 Å². The molecule has 3 aromatic heterocycles. The van der Waals surface area contributed by atoms with Gasteiger partial charge < -0.3 is 4.90 Å². The second-order valence-electron chi connectivity index (χ2n) is 6.77. The Morgan fingerprint density at radius 3 is 2.69 bits per heavy atom. The molecule has 0 atom stereocenters. The van der Waals surface area contributed by atoms with Crippen molar-refractivity contribution in [1.82, 2.24) is 30.1 Å². The number of nitrogens with one attached hydrogen (secondary N) is 1. The van der Waals surface area contributed by atoms with Gasteiger partial charge in [-0.05, 0) is 29.8 Å². The van der Waals surface area contributed by atoms with Gasteiger partial charge in [-0.3, -0.25) is 10.1 Å². The summed E-state index contributed by atoms with van der Waals surface area (Å²) in [5, 5.41) is 7.75. The van der Waals surface area contributed by atoms with E-state index in [1.54, 1.807) is 24.5 Å². The van der Waals surface area contributed by atoms with Crippen molar-refractivity contribution in [3.8, 4) is 11.3 Å². The fraction of sp³-hybridized carbons (Fsp3) is 0.0952. The van der Waals surface area contributed by atoms with Crippen LogP contribution in [0.1, 0.15) is 5.56 Å². The molecule has 0 aliphatic heterocycles. The van der Waals surface area contributed by atoms with Gasteiger partial charge in [-0.25, -0.2) is 19.3 Å². The lowest BCUT2D eigenvalue weighted by Gasteiger charge is -2.18. The van der Waals surface area contributed by atoms with Crippen molar-refractivity contribution in [2.24, 2.45) is 0 Å². The Hall–Kier alpha value is -3.94. The Kier molecular flexibility index (Phi) is 4.09. The van der Waals surface area contributed by atoms with Crippen molar-refractivity contribution in [3.05, 3.63) is 72.6 Å². The van der Waals surface area contributed by atoms with Crippen LogP contribution in [0.5, 0.6) is 0 Å². The lowest BCUT2D eigenvalue weighted by Crippen LogP contribution is -2.17. The number of anilines is 1. The van der Waals surface area contributed by atoms with Crippen molar-refractivity contribution in [2.75, 3.05) is 11.9 Å². The molecule has 142 valence electrons. The third-order valence-corrected chi connectivity index (χ3v) is 4.78. The topological polar surface area (TPSA) is 83.5 Å². The summed E-state index contributed by atoms with van der Waals surface area (Å²) < 4.78 is 13.1. The number of fused-ring (bicyclic) bond motifs is 2. The highest BCUT2D eigenvalue weighted by Crippen LogP contribution is 2.27. The molecule has 0 fully saturated rings. The van der Waals surface area contributed by atoms with E-state index >= 15 is 0 Å². The van der Waals surface area contributed by atoms with Crippen molar-refractivity contribution >= 4 is 27.9 Å². The van der Waals surface area contributed by atoms with E-state index < -0.39 is 0 Å². The zero-order chi connectivity index (χ0) is 19.8. The highest BCUT2D eigenvalue weighted by atomic mass is 19.1. The van der Waals surface area contributed by atoms with Gasteiger partial charge in [-0.15, -0.1) is 0 Å². The fourth-order valence-electron chi connectivity index (χ4n) is 3.27. The molecule has 0 aliphatic rings. The van der Waals surface area contributed by atoms with E-state index in [4.69, 9.17) is 4.98 Å². The van der Waals surface area contributed by atoms with E-state index in [1.807, 2.05) is 30.1 Å². The zero-order valence-electron chi connectivity index (χ0n) is 15.5. The van der Waals surface area contributed by atoms with E-state index in [9.17, 15) is 4.39 Å². The van der Waals surface area contributed by atoms with E-state index in [2.05, 4.69) is 25.1 Å². The molecule has 0 amide bonds. The Balaban J connectivity index is 1.46. The van der Waals surface area contributed by atoms with Crippen LogP contribution in [0.15, 0.2) is 61.2 Å². The minimum Gasteiger partial charge on any atom is -0.354 e. The van der Waals surface area contributed by atoms with Crippen LogP contribution in [0.2, 0.25) is 0 Å². The maximum atomic E-state index is 13.1. The monoisotopic (exact) mass is 385 g/mol. The number of benzene rings is 2. The van der Waals surface area contributed by atoms with Crippen molar-refractivity contribution < 1.29 is 4.39 Å². The van der Waals surface area contributed by atoms with Crippen LogP contribution in [0.4, 0.5) is 10.2 Å². The van der Waals surface area contributed by atoms with Crippen LogP contribution in [-0.4, -0.2) is 37.2 Å². The first kappa shape index (κ1) is 17.2. The standard InChI is InChI=1S/C21H16FN7/c1-29(11-13-2-5-15(22)6-3-13)19-10-23-18-8-14(4-7-17(18)27-19)20-16-9-26-28-21(16)25-12-24-20/h2-10,12H,11H2,1H3,(H,24,25,26,28). The molecule has 0 radical (unpaired) electrons. The molecule has 29 heavy (non-hydrogen) atoms. The molecule has 0 saturated carbocycles. The number of nitrogens with zero attached hydrogens (tertiary/aromatic N) is 6. The van der Waals surface area contributed by atoms with Gasteiger partial charge in [0.25, 0.3) is 0 Å². The molecule has 3 heterocycles. The maximum Gasteiger partial charge on any atom is 0.159 e. The van der Waals surface area contributed by atoms with E-state index in [0.29, 0.717) is 12.2 Å². The van der Waals surface area contributed by atoms with Crippen molar-refractivity contribution in [2.45, 2.75) is 6.54 Å². The molecule has 5 rings (SSSR count). The van der Waals surface area contributed by atoms with Gasteiger partial charge in [0.2, 0.25) is 0 Å². The summed E-state index contributed by atoms with van der Waals surface area (Å²) in [7, 11) is 1.93. The summed E-state index contributed by atoms with van der Waals surface area (Å²) in [6.07, 6.45) is 4.97. The summed E-state index contributed by atoms with van der Waals surface area (Å²) >= 11 is 0. The molecule has 0 unspecified atom stereocenters. The largest absolute Gasteiger partial charge is 0.354 e. The highest BCUT2D eigenvalue weighted by molar-refractivity contribution is 5.92. The molecule has 0 saturated heterocycles. The zero-order valence-corrected chi connectivity index (χ0v) is 15.5. The summed E-state index contributed by atoms with van der Waals surface area (Å²) in [6.45, 7) is 0.609. The van der Waals surface area contributed by atoms with E-state index in [-0.39, 0.29) is 5.82 Å². The smallest absolute Gasteiger partial charge is 0.159 e. The second kappa shape index (κ2) is 6.90. The third kappa shape index (κ3) is 3.25. The molecule has 8 heteroatoms. The quantitative estimate of drug-likeness (QED) is 0.507. The Morgan fingerprint density at radius 2 is 1.83 bits per heavy atom. The maximum absolute atomic E-state index is 13.1. The second-order valence-corrected chi connectivity index (χ2v) is 6.77. The average Bonchev–Trinajstić information content (AvgIpc) is 3.23. The molecule has 1 N–H and O–H groups in total. The molecular weight excluding hydrogens is 369 g/mol. The normalized spacial score (nSPS) is 11.2. The summed E-state index contributed by atoms with van der Waals surface area (Å²) in [6, 6.07) is 12.3. The summed E-state index contributed by atoms with van der Waals surface area (Å²) in [4.78, 5) is 19.9. The minimum absolute atomic E-state index is 0.242. The molecule has 0 aliphatic carbocycles. The van der Waals surface area contributed by atoms with Crippen LogP contribution in [0, 0.1) is 5.82 Å². The predicted molar refractivity (Wildman–Crippen MR) is 109 cm³/mol. The fourth-order valence-corrected chi connectivity index (χ4v) is 3.27. The van der Waals surface area contributed by atoms with Crippen LogP contribution < -0.4 is 4.90 Å². The number of aromatic nitrogens is 6. The van der Waals surface area contributed by atoms with Gasteiger partial charge in [0.1, 0.15) is 18.0 Å². The van der Waals surface area contributed by atoms with Crippen molar-refractivity contribution in [3.63, 3.8) is 0 Å². The number of aromatic amines is 1. The average molecular weight is 385 g/mol. The predicted octanol–water partition coefficient (Wildman–Crippen LogP) is 3.74. The molecule has 0 bridgehead atoms. The highest BCUT2D eigenvalue weighted by Gasteiger charge is 2.11. The molecule has 7 nitrogen and oxygen atoms in total. The van der Waals surface area contributed by atoms with E-state index in [0.717, 1.165) is 39.1 Å². The number of halogens is 1. The van der Waals surface area contributed by atoms with Crippen LogP contribution >= 0.6 is 0 Å². The SMILES string of the molecule is CN(Cc1ccc(F)cc1)c1cnc2cc(-c3ncnc4[nH]ncc34)ccc2n1. The van der Waals surface area contributed by atoms with Crippen LogP contribution in [-0.2, 0) is 6.54 Å². The summed E-state index contributed by atoms with van der Waals surface area (Å²) in [5.74, 6) is 0.503. The van der Waals surface area contributed by atoms with Gasteiger partial charge in [-0.2, -0.15) is 5.10 Å². The molecule has 5 aromatic rings. The Labute approximate surface area is 165 Å². The first-order valence-corrected chi connectivity index (χ1v) is 9.04. The van der Waals surface area contributed by atoms with Gasteiger partial charge >= 0.3 is 0 Å². The van der Waals surface area contributed by atoms with Crippen LogP contribution in [0.3, 0.4) is 0 Å². The number of H-pyrrole nitrogens is 1. The van der Waals surface area contributed by atoms with Gasteiger partial charge in [0.05, 0.1) is 34.5 Å². The number of hydrogen-bond donors (Lipinski definition) is 1. The van der Waals surface area contributed by atoms with Crippen molar-refractivity contribution in [1.29, 1.82) is 0 Å². The lowest BCUT2D eigenvalue weighted by atomic mass is 10.1. The summed E-state index contributed by atoms with van der Waals surface area (Å²) in [5.41, 5.74) is 4.97. The first-order valence-electron chi connectivity index (χ1n) is 9.04.